The minimum atomic E-state index is -3.67. The number of sulfone groups is 1. The highest BCUT2D eigenvalue weighted by Gasteiger charge is 2.24. The number of nitrogens with one attached hydrogen (secondary N) is 1. The number of aromatic amines is 1. The lowest BCUT2D eigenvalue weighted by Gasteiger charge is -2.16. The summed E-state index contributed by atoms with van der Waals surface area (Å²) in [6.45, 7) is 7.43. The summed E-state index contributed by atoms with van der Waals surface area (Å²) in [4.78, 5) is 38.9. The topological polar surface area (TPSA) is 177 Å². The van der Waals surface area contributed by atoms with Gasteiger partial charge in [-0.25, -0.2) is 40.1 Å². The van der Waals surface area contributed by atoms with E-state index in [1.165, 1.54) is 36.3 Å². The summed E-state index contributed by atoms with van der Waals surface area (Å²) in [7, 11) is -2.47. The lowest BCUT2D eigenvalue weighted by molar-refractivity contribution is 0.0601. The third-order valence-corrected chi connectivity index (χ3v) is 8.21. The number of alkyl halides is 4. The molecular formula is C32H35F4N7O6S. The summed E-state index contributed by atoms with van der Waals surface area (Å²) < 4.78 is 85.5. The van der Waals surface area contributed by atoms with Crippen LogP contribution in [0.4, 0.5) is 23.2 Å². The molecule has 0 unspecified atom stereocenters. The van der Waals surface area contributed by atoms with Gasteiger partial charge in [-0.15, -0.1) is 0 Å². The van der Waals surface area contributed by atoms with E-state index in [9.17, 15) is 40.4 Å². The second-order valence-electron chi connectivity index (χ2n) is 11.8. The van der Waals surface area contributed by atoms with Crippen molar-refractivity contribution < 1.29 is 35.5 Å². The molecule has 0 aliphatic carbocycles. The van der Waals surface area contributed by atoms with E-state index in [0.717, 1.165) is 18.4 Å². The number of anilines is 1. The summed E-state index contributed by atoms with van der Waals surface area (Å²) in [6, 6.07) is 7.76. The number of nitrogens with zero attached hydrogens (tertiary/aromatic N) is 5. The normalized spacial score (nSPS) is 11.9. The number of nitrogens with two attached hydrogens (primary N) is 1. The molecule has 268 valence electrons. The predicted octanol–water partition coefficient (Wildman–Crippen LogP) is 5.51. The Morgan fingerprint density at radius 1 is 0.880 bits per heavy atom. The molecule has 3 N–H and O–H groups in total. The lowest BCUT2D eigenvalue weighted by Crippen LogP contribution is -2.37. The number of rotatable bonds is 9. The van der Waals surface area contributed by atoms with Gasteiger partial charge in [0.1, 0.15) is 5.88 Å². The van der Waals surface area contributed by atoms with Crippen LogP contribution >= 0.6 is 0 Å². The van der Waals surface area contributed by atoms with Crippen LogP contribution in [0, 0.1) is 0 Å². The zero-order valence-corrected chi connectivity index (χ0v) is 28.6. The second kappa shape index (κ2) is 14.7. The fourth-order valence-electron chi connectivity index (χ4n) is 5.27. The number of methoxy groups -OCH3 is 1. The molecule has 5 rings (SSSR count). The summed E-state index contributed by atoms with van der Waals surface area (Å²) in [5.41, 5.74) is 4.34. The Labute approximate surface area is 283 Å². The summed E-state index contributed by atoms with van der Waals surface area (Å²) in [5, 5.41) is 8.19. The van der Waals surface area contributed by atoms with Crippen molar-refractivity contribution in [1.82, 2.24) is 29.1 Å². The van der Waals surface area contributed by atoms with Gasteiger partial charge in [-0.3, -0.25) is 14.2 Å². The van der Waals surface area contributed by atoms with Crippen LogP contribution in [0.25, 0.3) is 33.4 Å². The van der Waals surface area contributed by atoms with E-state index >= 15 is 0 Å². The van der Waals surface area contributed by atoms with Crippen molar-refractivity contribution in [2.75, 3.05) is 19.1 Å². The first kappa shape index (κ1) is 37.6. The molecule has 0 radical (unpaired) electrons. The fraction of sp³-hybridized carbons (Fsp3) is 0.344. The van der Waals surface area contributed by atoms with Crippen molar-refractivity contribution in [3.05, 3.63) is 86.3 Å². The highest BCUT2D eigenvalue weighted by atomic mass is 32.2. The zero-order chi connectivity index (χ0) is 37.2. The highest BCUT2D eigenvalue weighted by molar-refractivity contribution is 7.89. The van der Waals surface area contributed by atoms with Crippen LogP contribution in [-0.4, -0.2) is 56.9 Å². The number of H-pyrrole nitrogens is 1. The molecule has 50 heavy (non-hydrogen) atoms. The number of aromatic nitrogens is 6. The van der Waals surface area contributed by atoms with E-state index in [2.05, 4.69) is 19.9 Å². The fourth-order valence-corrected chi connectivity index (χ4v) is 5.98. The highest BCUT2D eigenvalue weighted by Crippen LogP contribution is 2.36. The van der Waals surface area contributed by atoms with E-state index in [4.69, 9.17) is 5.73 Å². The van der Waals surface area contributed by atoms with Gasteiger partial charge in [-0.1, -0.05) is 0 Å². The number of hydrogen-bond acceptors (Lipinski definition) is 9. The SMILES string of the molecule is CC(C)n1nccc1-c1cc2c(=O)n(CS(C)(=O)=O)c(=O)[nH]c2cc1C(F)F.COC(=O)c1cc(-c2ccnn2C(C)C)c(C(F)F)cc1N. The number of esters is 1. The minimum absolute atomic E-state index is 0.0188. The molecule has 2 aromatic carbocycles. The molecule has 0 atom stereocenters. The average Bonchev–Trinajstić information content (AvgIpc) is 3.73. The van der Waals surface area contributed by atoms with Crippen molar-refractivity contribution in [2.24, 2.45) is 0 Å². The summed E-state index contributed by atoms with van der Waals surface area (Å²) >= 11 is 0. The monoisotopic (exact) mass is 721 g/mol. The van der Waals surface area contributed by atoms with E-state index in [1.807, 2.05) is 27.7 Å². The number of ether oxygens (including phenoxy) is 1. The molecule has 3 aromatic heterocycles. The predicted molar refractivity (Wildman–Crippen MR) is 179 cm³/mol. The minimum Gasteiger partial charge on any atom is -0.465 e. The van der Waals surface area contributed by atoms with Crippen molar-refractivity contribution in [2.45, 2.75) is 58.5 Å². The molecule has 0 bridgehead atoms. The smallest absolute Gasteiger partial charge is 0.339 e. The van der Waals surface area contributed by atoms with Gasteiger partial charge in [0.15, 0.2) is 9.84 Å². The summed E-state index contributed by atoms with van der Waals surface area (Å²) in [5.74, 6) is -1.48. The number of nitrogen functional groups attached to an aromatic ring is 1. The quantitative estimate of drug-likeness (QED) is 0.113. The van der Waals surface area contributed by atoms with Crippen LogP contribution in [0.3, 0.4) is 0 Å². The lowest BCUT2D eigenvalue weighted by atomic mass is 9.99. The van der Waals surface area contributed by atoms with Crippen LogP contribution in [0.2, 0.25) is 0 Å². The van der Waals surface area contributed by atoms with E-state index in [0.29, 0.717) is 16.0 Å². The van der Waals surface area contributed by atoms with E-state index < -0.39 is 45.8 Å². The van der Waals surface area contributed by atoms with Gasteiger partial charge < -0.3 is 15.5 Å². The Morgan fingerprint density at radius 3 is 1.84 bits per heavy atom. The number of halogens is 4. The van der Waals surface area contributed by atoms with Crippen molar-refractivity contribution in [1.29, 1.82) is 0 Å². The van der Waals surface area contributed by atoms with Crippen molar-refractivity contribution in [3.63, 3.8) is 0 Å². The van der Waals surface area contributed by atoms with Crippen LogP contribution in [-0.2, 0) is 20.5 Å². The molecule has 0 saturated heterocycles. The van der Waals surface area contributed by atoms with Gasteiger partial charge in [0, 0.05) is 58.7 Å². The van der Waals surface area contributed by atoms with Gasteiger partial charge in [0.2, 0.25) is 0 Å². The standard InChI is InChI=1S/C17H18F2N4O4S.C15H17F2N3O2/c1-9(2)23-14(4-5-20-23)10-6-12-13(7-11(10)15(18)19)21-17(25)22(16(12)24)8-28(3,26)27;1-8(2)20-13(4-5-19-20)9-6-11(15(21)22-3)12(18)7-10(9)14(16)17/h4-7,9,15H,8H2,1-3H3,(H,21,25);4-8,14H,18H2,1-3H3. The van der Waals surface area contributed by atoms with E-state index in [1.54, 1.807) is 16.8 Å². The maximum Gasteiger partial charge on any atom is 0.339 e. The summed E-state index contributed by atoms with van der Waals surface area (Å²) in [6.07, 6.45) is -1.71. The Kier molecular flexibility index (Phi) is 11.0. The maximum atomic E-state index is 13.7. The van der Waals surface area contributed by atoms with Gasteiger partial charge in [-0.2, -0.15) is 10.2 Å². The van der Waals surface area contributed by atoms with Gasteiger partial charge in [-0.05, 0) is 64.1 Å². The second-order valence-corrected chi connectivity index (χ2v) is 13.9. The first-order valence-corrected chi connectivity index (χ1v) is 17.1. The number of hydrogen-bond donors (Lipinski definition) is 2. The average molecular weight is 722 g/mol. The number of benzene rings is 2. The number of carbonyl (C=O) groups excluding carboxylic acids is 1. The Bertz CT molecular complexity index is 2270. The largest absolute Gasteiger partial charge is 0.465 e. The Morgan fingerprint density at radius 2 is 1.38 bits per heavy atom. The van der Waals surface area contributed by atoms with Crippen LogP contribution < -0.4 is 17.0 Å². The maximum absolute atomic E-state index is 13.7. The van der Waals surface area contributed by atoms with Crippen LogP contribution in [0.5, 0.6) is 0 Å². The van der Waals surface area contributed by atoms with Crippen LogP contribution in [0.1, 0.15) is 74.1 Å². The van der Waals surface area contributed by atoms with Gasteiger partial charge in [0.25, 0.3) is 18.4 Å². The molecule has 0 aliphatic rings. The molecule has 13 nitrogen and oxygen atoms in total. The number of fused-ring (bicyclic) bond motifs is 1. The molecule has 0 aliphatic heterocycles. The molecule has 0 fully saturated rings. The molecule has 0 saturated carbocycles. The van der Waals surface area contributed by atoms with Crippen LogP contribution in [0.15, 0.2) is 58.4 Å². The molecule has 3 heterocycles. The van der Waals surface area contributed by atoms with Gasteiger partial charge >= 0.3 is 11.7 Å². The molecular weight excluding hydrogens is 686 g/mol. The third kappa shape index (κ3) is 7.79. The van der Waals surface area contributed by atoms with E-state index in [-0.39, 0.29) is 56.5 Å². The molecule has 0 spiro atoms. The first-order chi connectivity index (χ1) is 23.4. The molecule has 0 amide bonds. The third-order valence-electron chi connectivity index (χ3n) is 7.48. The van der Waals surface area contributed by atoms with Gasteiger partial charge in [0.05, 0.1) is 35.0 Å². The Balaban J connectivity index is 0.000000232. The first-order valence-electron chi connectivity index (χ1n) is 15.0. The number of carbonyl (C=O) groups is 1. The van der Waals surface area contributed by atoms with Crippen molar-refractivity contribution in [3.8, 4) is 22.5 Å². The Hall–Kier alpha value is -5.26. The zero-order valence-electron chi connectivity index (χ0n) is 27.8. The molecule has 18 heteroatoms. The molecule has 5 aromatic rings. The van der Waals surface area contributed by atoms with Crippen molar-refractivity contribution >= 4 is 32.4 Å².